The molecule has 1 aromatic rings. The molecule has 0 unspecified atom stereocenters. The highest BCUT2D eigenvalue weighted by Gasteiger charge is 2.25. The highest BCUT2D eigenvalue weighted by atomic mass is 16.5. The Hall–Kier alpha value is -1.99. The van der Waals surface area contributed by atoms with Gasteiger partial charge in [-0.15, -0.1) is 0 Å². The Morgan fingerprint density at radius 1 is 1.00 bits per heavy atom. The summed E-state index contributed by atoms with van der Waals surface area (Å²) in [6, 6.07) is 3.73. The van der Waals surface area contributed by atoms with Crippen LogP contribution in [0.2, 0.25) is 0 Å². The van der Waals surface area contributed by atoms with Crippen molar-refractivity contribution >= 4 is 17.3 Å². The van der Waals surface area contributed by atoms with E-state index in [1.807, 2.05) is 32.9 Å². The van der Waals surface area contributed by atoms with Crippen LogP contribution in [0.4, 0.5) is 11.4 Å². The third kappa shape index (κ3) is 5.79. The minimum Gasteiger partial charge on any atom is -0.492 e. The quantitative estimate of drug-likeness (QED) is 0.696. The van der Waals surface area contributed by atoms with E-state index in [9.17, 15) is 4.79 Å². The molecule has 30 heavy (non-hydrogen) atoms. The first-order valence-electron chi connectivity index (χ1n) is 11.4. The number of ether oxygens (including phenoxy) is 3. The Kier molecular flexibility index (Phi) is 8.63. The molecule has 0 bridgehead atoms. The van der Waals surface area contributed by atoms with E-state index in [-0.39, 0.29) is 11.9 Å². The molecule has 3 rings (SSSR count). The lowest BCUT2D eigenvalue weighted by Gasteiger charge is -2.31. The van der Waals surface area contributed by atoms with Crippen LogP contribution in [0.1, 0.15) is 46.5 Å². The molecule has 0 spiro atoms. The van der Waals surface area contributed by atoms with E-state index < -0.39 is 0 Å². The first-order valence-corrected chi connectivity index (χ1v) is 11.4. The molecule has 2 aliphatic heterocycles. The van der Waals surface area contributed by atoms with Gasteiger partial charge in [0.1, 0.15) is 11.5 Å². The Morgan fingerprint density at radius 3 is 2.27 bits per heavy atom. The van der Waals surface area contributed by atoms with E-state index in [1.54, 1.807) is 0 Å². The van der Waals surface area contributed by atoms with Crippen LogP contribution < -0.4 is 19.7 Å². The van der Waals surface area contributed by atoms with Gasteiger partial charge in [-0.25, -0.2) is 0 Å². The van der Waals surface area contributed by atoms with Gasteiger partial charge in [-0.1, -0.05) is 12.8 Å². The molecule has 168 valence electrons. The lowest BCUT2D eigenvalue weighted by Crippen LogP contribution is -2.42. The third-order valence-electron chi connectivity index (χ3n) is 5.84. The summed E-state index contributed by atoms with van der Waals surface area (Å²) in [5.41, 5.74) is 1.66. The molecule has 7 nitrogen and oxygen atoms in total. The van der Waals surface area contributed by atoms with Crippen molar-refractivity contribution in [2.24, 2.45) is 0 Å². The summed E-state index contributed by atoms with van der Waals surface area (Å²) < 4.78 is 17.3. The van der Waals surface area contributed by atoms with E-state index in [0.29, 0.717) is 37.9 Å². The molecule has 1 N–H and O–H groups in total. The van der Waals surface area contributed by atoms with Gasteiger partial charge in [0, 0.05) is 25.2 Å². The van der Waals surface area contributed by atoms with E-state index in [1.165, 1.54) is 12.8 Å². The fourth-order valence-electron chi connectivity index (χ4n) is 4.13. The lowest BCUT2D eigenvalue weighted by atomic mass is 10.2. The normalized spacial score (nSPS) is 19.1. The summed E-state index contributed by atoms with van der Waals surface area (Å²) in [6.45, 7) is 12.0. The van der Waals surface area contributed by atoms with Crippen molar-refractivity contribution in [3.8, 4) is 11.5 Å². The second-order valence-corrected chi connectivity index (χ2v) is 7.90. The van der Waals surface area contributed by atoms with Crippen LogP contribution in [0.25, 0.3) is 0 Å². The predicted octanol–water partition coefficient (Wildman–Crippen LogP) is 3.52. The number of amides is 1. The zero-order valence-electron chi connectivity index (χ0n) is 18.7. The van der Waals surface area contributed by atoms with Crippen molar-refractivity contribution in [1.82, 2.24) is 4.90 Å². The maximum atomic E-state index is 13.1. The molecular weight excluding hydrogens is 382 g/mol. The van der Waals surface area contributed by atoms with Gasteiger partial charge in [0.15, 0.2) is 0 Å². The monoisotopic (exact) mass is 419 g/mol. The third-order valence-corrected chi connectivity index (χ3v) is 5.84. The largest absolute Gasteiger partial charge is 0.492 e. The number of morpholine rings is 1. The van der Waals surface area contributed by atoms with Gasteiger partial charge < -0.3 is 24.4 Å². The van der Waals surface area contributed by atoms with Crippen molar-refractivity contribution in [3.63, 3.8) is 0 Å². The van der Waals surface area contributed by atoms with Crippen LogP contribution in [-0.2, 0) is 9.53 Å². The van der Waals surface area contributed by atoms with Gasteiger partial charge in [-0.2, -0.15) is 0 Å². The van der Waals surface area contributed by atoms with Crippen LogP contribution in [0.15, 0.2) is 12.1 Å². The molecule has 1 atom stereocenters. The summed E-state index contributed by atoms with van der Waals surface area (Å²) in [6.07, 6.45) is 4.81. The fourth-order valence-corrected chi connectivity index (χ4v) is 4.13. The molecule has 7 heteroatoms. The number of anilines is 2. The fraction of sp³-hybridized carbons (Fsp3) is 0.696. The summed E-state index contributed by atoms with van der Waals surface area (Å²) in [4.78, 5) is 17.6. The van der Waals surface area contributed by atoms with Crippen molar-refractivity contribution < 1.29 is 19.0 Å². The van der Waals surface area contributed by atoms with E-state index in [0.717, 1.165) is 50.5 Å². The van der Waals surface area contributed by atoms with Gasteiger partial charge in [0.25, 0.3) is 0 Å². The molecule has 0 aliphatic carbocycles. The van der Waals surface area contributed by atoms with Gasteiger partial charge in [0.2, 0.25) is 5.91 Å². The van der Waals surface area contributed by atoms with Gasteiger partial charge in [-0.3, -0.25) is 9.69 Å². The van der Waals surface area contributed by atoms with Gasteiger partial charge in [-0.05, 0) is 46.7 Å². The van der Waals surface area contributed by atoms with Crippen molar-refractivity contribution in [2.75, 3.05) is 62.8 Å². The number of benzene rings is 1. The summed E-state index contributed by atoms with van der Waals surface area (Å²) in [5.74, 6) is 1.44. The Morgan fingerprint density at radius 2 is 1.63 bits per heavy atom. The predicted molar refractivity (Wildman–Crippen MR) is 120 cm³/mol. The zero-order valence-corrected chi connectivity index (χ0v) is 18.7. The highest BCUT2D eigenvalue weighted by Crippen LogP contribution is 2.39. The maximum Gasteiger partial charge on any atom is 0.241 e. The number of hydrogen-bond acceptors (Lipinski definition) is 6. The Bertz CT molecular complexity index is 683. The number of nitrogens with zero attached hydrogens (tertiary/aromatic N) is 2. The second kappa shape index (κ2) is 11.4. The standard InChI is InChI=1S/C23H37N3O4/c1-4-29-21-17-20(26-12-14-28-15-13-26)22(30-5-2)16-19(21)24-23(27)18(3)25-10-8-6-7-9-11-25/h16-18H,4-15H2,1-3H3,(H,24,27)/t18-/m0/s1. The number of hydrogen-bond donors (Lipinski definition) is 1. The van der Waals surface area contributed by atoms with E-state index in [2.05, 4.69) is 15.1 Å². The topological polar surface area (TPSA) is 63.3 Å². The minimum absolute atomic E-state index is 0.000533. The first-order chi connectivity index (χ1) is 14.6. The molecule has 1 aromatic carbocycles. The molecule has 0 aromatic heterocycles. The molecule has 0 radical (unpaired) electrons. The number of likely N-dealkylation sites (tertiary alicyclic amines) is 1. The lowest BCUT2D eigenvalue weighted by molar-refractivity contribution is -0.120. The van der Waals surface area contributed by atoms with E-state index in [4.69, 9.17) is 14.2 Å². The summed E-state index contributed by atoms with van der Waals surface area (Å²) >= 11 is 0. The van der Waals surface area contributed by atoms with Crippen LogP contribution in [0.5, 0.6) is 11.5 Å². The van der Waals surface area contributed by atoms with E-state index >= 15 is 0 Å². The van der Waals surface area contributed by atoms with Crippen molar-refractivity contribution in [3.05, 3.63) is 12.1 Å². The number of rotatable bonds is 8. The molecule has 2 saturated heterocycles. The summed E-state index contributed by atoms with van der Waals surface area (Å²) in [7, 11) is 0. The SMILES string of the molecule is CCOc1cc(N2CCOCC2)c(OCC)cc1NC(=O)[C@H](C)N1CCCCCC1. The Labute approximate surface area is 180 Å². The second-order valence-electron chi connectivity index (χ2n) is 7.90. The molecule has 2 aliphatic rings. The first kappa shape index (κ1) is 22.7. The molecule has 0 saturated carbocycles. The average molecular weight is 420 g/mol. The average Bonchev–Trinajstić information content (AvgIpc) is 3.05. The number of nitrogens with one attached hydrogen (secondary N) is 1. The smallest absolute Gasteiger partial charge is 0.241 e. The highest BCUT2D eigenvalue weighted by molar-refractivity contribution is 5.96. The maximum absolute atomic E-state index is 13.1. The van der Waals surface area contributed by atoms with Crippen molar-refractivity contribution in [2.45, 2.75) is 52.5 Å². The van der Waals surface area contributed by atoms with Crippen LogP contribution in [-0.4, -0.2) is 69.5 Å². The molecule has 2 heterocycles. The minimum atomic E-state index is -0.174. The van der Waals surface area contributed by atoms with Crippen LogP contribution in [0, 0.1) is 0 Å². The number of carbonyl (C=O) groups is 1. The number of carbonyl (C=O) groups excluding carboxylic acids is 1. The van der Waals surface area contributed by atoms with Gasteiger partial charge >= 0.3 is 0 Å². The van der Waals surface area contributed by atoms with Gasteiger partial charge in [0.05, 0.1) is 43.8 Å². The Balaban J connectivity index is 1.82. The molecular formula is C23H37N3O4. The molecule has 2 fully saturated rings. The van der Waals surface area contributed by atoms with Crippen LogP contribution in [0.3, 0.4) is 0 Å². The van der Waals surface area contributed by atoms with Crippen molar-refractivity contribution in [1.29, 1.82) is 0 Å². The van der Waals surface area contributed by atoms with Crippen LogP contribution >= 0.6 is 0 Å². The molecule has 1 amide bonds. The summed E-state index contributed by atoms with van der Waals surface area (Å²) in [5, 5.41) is 3.11. The zero-order chi connectivity index (χ0) is 21.3.